The van der Waals surface area contributed by atoms with E-state index in [4.69, 9.17) is 14.2 Å². The summed E-state index contributed by atoms with van der Waals surface area (Å²) in [6, 6.07) is 1.93. The van der Waals surface area contributed by atoms with E-state index < -0.39 is 0 Å². The van der Waals surface area contributed by atoms with E-state index in [-0.39, 0.29) is 12.1 Å². The van der Waals surface area contributed by atoms with Crippen molar-refractivity contribution in [3.8, 4) is 11.5 Å². The highest BCUT2D eigenvalue weighted by atomic mass is 16.6. The molecule has 0 radical (unpaired) electrons. The third-order valence-corrected chi connectivity index (χ3v) is 3.23. The smallest absolute Gasteiger partial charge is 0.308 e. The zero-order chi connectivity index (χ0) is 14.0. The minimum Gasteiger partial charge on any atom is -0.490 e. The van der Waals surface area contributed by atoms with Crippen LogP contribution in [-0.2, 0) is 16.0 Å². The predicted molar refractivity (Wildman–Crippen MR) is 71.8 cm³/mol. The van der Waals surface area contributed by atoms with Gasteiger partial charge in [0.2, 0.25) is 0 Å². The van der Waals surface area contributed by atoms with Gasteiger partial charge in [-0.1, -0.05) is 6.92 Å². The number of hydrogen-bond donors (Lipinski definition) is 0. The standard InChI is InChI=1S/C15H20O4/c1-5-13-10(3)14(18-8-12-7-17-12)6-9(2)15(13)19-11(4)16/h6,12H,5,7-8H2,1-4H3. The van der Waals surface area contributed by atoms with E-state index in [0.717, 1.165) is 35.5 Å². The van der Waals surface area contributed by atoms with Gasteiger partial charge in [0.15, 0.2) is 0 Å². The lowest BCUT2D eigenvalue weighted by Gasteiger charge is -2.17. The summed E-state index contributed by atoms with van der Waals surface area (Å²) in [4.78, 5) is 11.2. The van der Waals surface area contributed by atoms with Crippen LogP contribution in [-0.4, -0.2) is 25.3 Å². The van der Waals surface area contributed by atoms with Crippen LogP contribution in [0.5, 0.6) is 11.5 Å². The normalized spacial score (nSPS) is 17.2. The lowest BCUT2D eigenvalue weighted by molar-refractivity contribution is -0.131. The van der Waals surface area contributed by atoms with Crippen molar-refractivity contribution in [1.29, 1.82) is 0 Å². The number of ether oxygens (including phenoxy) is 3. The molecule has 1 aromatic carbocycles. The van der Waals surface area contributed by atoms with Gasteiger partial charge in [0.1, 0.15) is 24.2 Å². The number of carbonyl (C=O) groups excluding carboxylic acids is 1. The van der Waals surface area contributed by atoms with Gasteiger partial charge in [-0.2, -0.15) is 0 Å². The Bertz CT molecular complexity index is 489. The summed E-state index contributed by atoms with van der Waals surface area (Å²) in [7, 11) is 0. The molecule has 4 heteroatoms. The number of esters is 1. The largest absolute Gasteiger partial charge is 0.490 e. The Morgan fingerprint density at radius 2 is 2.16 bits per heavy atom. The van der Waals surface area contributed by atoms with Crippen molar-refractivity contribution < 1.29 is 19.0 Å². The molecule has 1 aromatic rings. The SMILES string of the molecule is CCc1c(C)c(OCC2CO2)cc(C)c1OC(C)=O. The van der Waals surface area contributed by atoms with Crippen molar-refractivity contribution in [1.82, 2.24) is 0 Å². The Morgan fingerprint density at radius 1 is 1.47 bits per heavy atom. The molecule has 1 aliphatic heterocycles. The van der Waals surface area contributed by atoms with E-state index in [9.17, 15) is 4.79 Å². The third kappa shape index (κ3) is 3.26. The molecular formula is C15H20O4. The van der Waals surface area contributed by atoms with Crippen molar-refractivity contribution in [2.75, 3.05) is 13.2 Å². The van der Waals surface area contributed by atoms with E-state index in [1.165, 1.54) is 6.92 Å². The van der Waals surface area contributed by atoms with Gasteiger partial charge >= 0.3 is 5.97 Å². The minimum atomic E-state index is -0.294. The molecule has 1 atom stereocenters. The van der Waals surface area contributed by atoms with Gasteiger partial charge in [0.05, 0.1) is 6.61 Å². The van der Waals surface area contributed by atoms with E-state index in [2.05, 4.69) is 0 Å². The Kier molecular flexibility index (Phi) is 4.10. The first-order valence-electron chi connectivity index (χ1n) is 6.58. The number of rotatable bonds is 5. The maximum absolute atomic E-state index is 11.2. The van der Waals surface area contributed by atoms with Crippen molar-refractivity contribution in [3.63, 3.8) is 0 Å². The van der Waals surface area contributed by atoms with E-state index in [1.54, 1.807) is 0 Å². The topological polar surface area (TPSA) is 48.1 Å². The van der Waals surface area contributed by atoms with E-state index in [0.29, 0.717) is 12.4 Å². The molecule has 19 heavy (non-hydrogen) atoms. The van der Waals surface area contributed by atoms with Crippen LogP contribution in [0.4, 0.5) is 0 Å². The van der Waals surface area contributed by atoms with Gasteiger partial charge in [-0.15, -0.1) is 0 Å². The molecule has 4 nitrogen and oxygen atoms in total. The first-order chi connectivity index (χ1) is 9.02. The molecule has 1 saturated heterocycles. The van der Waals surface area contributed by atoms with Crippen molar-refractivity contribution in [3.05, 3.63) is 22.8 Å². The van der Waals surface area contributed by atoms with Crippen LogP contribution in [0, 0.1) is 13.8 Å². The third-order valence-electron chi connectivity index (χ3n) is 3.23. The number of carbonyl (C=O) groups is 1. The molecule has 1 fully saturated rings. The monoisotopic (exact) mass is 264 g/mol. The van der Waals surface area contributed by atoms with Crippen LogP contribution < -0.4 is 9.47 Å². The summed E-state index contributed by atoms with van der Waals surface area (Å²) in [6.45, 7) is 8.75. The fourth-order valence-corrected chi connectivity index (χ4v) is 2.14. The maximum Gasteiger partial charge on any atom is 0.308 e. The van der Waals surface area contributed by atoms with Gasteiger partial charge in [-0.3, -0.25) is 4.79 Å². The van der Waals surface area contributed by atoms with Crippen LogP contribution >= 0.6 is 0 Å². The van der Waals surface area contributed by atoms with Crippen molar-refractivity contribution >= 4 is 5.97 Å². The fraction of sp³-hybridized carbons (Fsp3) is 0.533. The second-order valence-electron chi connectivity index (χ2n) is 4.84. The molecule has 1 unspecified atom stereocenters. The molecule has 1 heterocycles. The predicted octanol–water partition coefficient (Wildman–Crippen LogP) is 2.57. The molecule has 0 bridgehead atoms. The highest BCUT2D eigenvalue weighted by molar-refractivity contribution is 5.71. The van der Waals surface area contributed by atoms with Crippen molar-refractivity contribution in [2.45, 2.75) is 40.2 Å². The van der Waals surface area contributed by atoms with E-state index in [1.807, 2.05) is 26.8 Å². The van der Waals surface area contributed by atoms with E-state index >= 15 is 0 Å². The quantitative estimate of drug-likeness (QED) is 0.466. The lowest BCUT2D eigenvalue weighted by atomic mass is 10.0. The summed E-state index contributed by atoms with van der Waals surface area (Å²) >= 11 is 0. The molecule has 104 valence electrons. The summed E-state index contributed by atoms with van der Waals surface area (Å²) in [5.41, 5.74) is 2.98. The van der Waals surface area contributed by atoms with Crippen LogP contribution in [0.1, 0.15) is 30.5 Å². The van der Waals surface area contributed by atoms with Crippen LogP contribution in [0.25, 0.3) is 0 Å². The molecule has 0 amide bonds. The van der Waals surface area contributed by atoms with Gasteiger partial charge in [-0.25, -0.2) is 0 Å². The van der Waals surface area contributed by atoms with Crippen molar-refractivity contribution in [2.24, 2.45) is 0 Å². The number of aryl methyl sites for hydroxylation is 1. The molecule has 2 rings (SSSR count). The number of benzene rings is 1. The van der Waals surface area contributed by atoms with Gasteiger partial charge in [0, 0.05) is 12.5 Å². The fourth-order valence-electron chi connectivity index (χ4n) is 2.14. The summed E-state index contributed by atoms with van der Waals surface area (Å²) in [6.07, 6.45) is 1.03. The zero-order valence-electron chi connectivity index (χ0n) is 11.9. The average molecular weight is 264 g/mol. The summed E-state index contributed by atoms with van der Waals surface area (Å²) < 4.78 is 16.2. The summed E-state index contributed by atoms with van der Waals surface area (Å²) in [5, 5.41) is 0. The second-order valence-corrected chi connectivity index (χ2v) is 4.84. The maximum atomic E-state index is 11.2. The van der Waals surface area contributed by atoms with Gasteiger partial charge in [0.25, 0.3) is 0 Å². The molecule has 0 aliphatic carbocycles. The van der Waals surface area contributed by atoms with Gasteiger partial charge < -0.3 is 14.2 Å². The first kappa shape index (κ1) is 13.9. The van der Waals surface area contributed by atoms with Gasteiger partial charge in [-0.05, 0) is 37.5 Å². The molecule has 0 saturated carbocycles. The molecular weight excluding hydrogens is 244 g/mol. The first-order valence-corrected chi connectivity index (χ1v) is 6.58. The van der Waals surface area contributed by atoms with Crippen LogP contribution in [0.2, 0.25) is 0 Å². The molecule has 0 spiro atoms. The average Bonchev–Trinajstić information content (AvgIpc) is 3.15. The number of hydrogen-bond acceptors (Lipinski definition) is 4. The lowest BCUT2D eigenvalue weighted by Crippen LogP contribution is -2.10. The zero-order valence-corrected chi connectivity index (χ0v) is 11.9. The Balaban J connectivity index is 2.30. The van der Waals surface area contributed by atoms with Crippen LogP contribution in [0.15, 0.2) is 6.07 Å². The second kappa shape index (κ2) is 5.61. The Labute approximate surface area is 113 Å². The highest BCUT2D eigenvalue weighted by Crippen LogP contribution is 2.34. The minimum absolute atomic E-state index is 0.234. The molecule has 0 aromatic heterocycles. The van der Waals surface area contributed by atoms with Crippen LogP contribution in [0.3, 0.4) is 0 Å². The Hall–Kier alpha value is -1.55. The number of epoxide rings is 1. The molecule has 1 aliphatic rings. The molecule has 0 N–H and O–H groups in total. The highest BCUT2D eigenvalue weighted by Gasteiger charge is 2.24. The Morgan fingerprint density at radius 3 is 2.68 bits per heavy atom. The summed E-state index contributed by atoms with van der Waals surface area (Å²) in [5.74, 6) is 1.22.